The number of ether oxygens (including phenoxy) is 1. The third-order valence-corrected chi connectivity index (χ3v) is 3.76. The van der Waals surface area contributed by atoms with Gasteiger partial charge in [0.15, 0.2) is 0 Å². The normalized spacial score (nSPS) is 29.5. The molecular weight excluding hydrogens is 205 g/mol. The first-order valence-corrected chi connectivity index (χ1v) is 5.50. The van der Waals surface area contributed by atoms with Gasteiger partial charge < -0.3 is 4.74 Å². The van der Waals surface area contributed by atoms with Crippen molar-refractivity contribution < 1.29 is 9.13 Å². The van der Waals surface area contributed by atoms with Crippen LogP contribution in [0.3, 0.4) is 0 Å². The fraction of sp³-hybridized carbons (Fsp3) is 0.462. The molecule has 0 aromatic heterocycles. The molecule has 1 saturated heterocycles. The van der Waals surface area contributed by atoms with E-state index in [-0.39, 0.29) is 11.2 Å². The van der Waals surface area contributed by atoms with Gasteiger partial charge in [0, 0.05) is 6.42 Å². The van der Waals surface area contributed by atoms with Gasteiger partial charge >= 0.3 is 0 Å². The molecule has 1 aromatic rings. The van der Waals surface area contributed by atoms with Crippen LogP contribution in [-0.4, -0.2) is 12.2 Å². The van der Waals surface area contributed by atoms with Gasteiger partial charge in [-0.1, -0.05) is 18.2 Å². The molecule has 1 atom stereocenters. The second kappa shape index (κ2) is 3.05. The minimum absolute atomic E-state index is 0.203. The van der Waals surface area contributed by atoms with E-state index in [1.54, 1.807) is 12.1 Å². The average molecular weight is 217 g/mol. The van der Waals surface area contributed by atoms with Crippen LogP contribution < -0.4 is 0 Å². The molecular formula is C13H12FNO. The van der Waals surface area contributed by atoms with Crippen molar-refractivity contribution in [2.24, 2.45) is 5.41 Å². The summed E-state index contributed by atoms with van der Waals surface area (Å²) in [6.45, 7) is 0.592. The maximum Gasteiger partial charge on any atom is 0.126 e. The molecule has 0 N–H and O–H groups in total. The van der Waals surface area contributed by atoms with Crippen LogP contribution in [0.4, 0.5) is 4.39 Å². The van der Waals surface area contributed by atoms with Gasteiger partial charge in [0.2, 0.25) is 0 Å². The van der Waals surface area contributed by atoms with Gasteiger partial charge in [0.1, 0.15) is 11.4 Å². The van der Waals surface area contributed by atoms with Gasteiger partial charge in [0.05, 0.1) is 18.1 Å². The zero-order valence-electron chi connectivity index (χ0n) is 8.87. The number of halogens is 1. The molecule has 2 nitrogen and oxygen atoms in total. The maximum absolute atomic E-state index is 13.5. The third kappa shape index (κ3) is 1.27. The monoisotopic (exact) mass is 217 g/mol. The number of nitriles is 1. The Morgan fingerprint density at radius 1 is 1.38 bits per heavy atom. The zero-order valence-corrected chi connectivity index (χ0v) is 8.87. The van der Waals surface area contributed by atoms with Crippen LogP contribution in [-0.2, 0) is 11.2 Å². The minimum Gasteiger partial charge on any atom is -0.367 e. The molecule has 1 aromatic carbocycles. The van der Waals surface area contributed by atoms with Crippen molar-refractivity contribution in [1.82, 2.24) is 0 Å². The van der Waals surface area contributed by atoms with Gasteiger partial charge in [-0.3, -0.25) is 0 Å². The molecule has 0 bridgehead atoms. The molecule has 2 fully saturated rings. The Morgan fingerprint density at radius 2 is 2.06 bits per heavy atom. The van der Waals surface area contributed by atoms with Crippen molar-refractivity contribution in [1.29, 1.82) is 5.26 Å². The number of epoxide rings is 1. The molecule has 3 rings (SSSR count). The first-order chi connectivity index (χ1) is 7.71. The zero-order chi connectivity index (χ0) is 11.2. The molecule has 0 amide bonds. The van der Waals surface area contributed by atoms with Crippen LogP contribution >= 0.6 is 0 Å². The van der Waals surface area contributed by atoms with Crippen molar-refractivity contribution in [2.45, 2.75) is 24.9 Å². The van der Waals surface area contributed by atoms with Crippen molar-refractivity contribution in [2.75, 3.05) is 6.61 Å². The lowest BCUT2D eigenvalue weighted by Gasteiger charge is -2.16. The van der Waals surface area contributed by atoms with E-state index in [0.717, 1.165) is 12.8 Å². The predicted octanol–water partition coefficient (Wildman–Crippen LogP) is 2.44. The van der Waals surface area contributed by atoms with Crippen LogP contribution in [0.1, 0.15) is 18.4 Å². The number of benzene rings is 1. The molecule has 1 aliphatic carbocycles. The average Bonchev–Trinajstić information content (AvgIpc) is 3.14. The molecule has 2 aliphatic rings. The highest BCUT2D eigenvalue weighted by Gasteiger charge is 2.68. The van der Waals surface area contributed by atoms with Crippen molar-refractivity contribution in [3.63, 3.8) is 0 Å². The predicted molar refractivity (Wildman–Crippen MR) is 56.1 cm³/mol. The molecule has 82 valence electrons. The summed E-state index contributed by atoms with van der Waals surface area (Å²) in [5, 5.41) is 9.16. The Kier molecular flexibility index (Phi) is 1.87. The van der Waals surface area contributed by atoms with Crippen molar-refractivity contribution in [3.8, 4) is 6.07 Å². The van der Waals surface area contributed by atoms with Gasteiger partial charge in [-0.05, 0) is 24.5 Å². The fourth-order valence-electron chi connectivity index (χ4n) is 2.38. The molecule has 3 heteroatoms. The summed E-state index contributed by atoms with van der Waals surface area (Å²) in [7, 11) is 0. The Bertz CT molecular complexity index is 469. The van der Waals surface area contributed by atoms with E-state index in [9.17, 15) is 4.39 Å². The van der Waals surface area contributed by atoms with Gasteiger partial charge in [-0.25, -0.2) is 4.39 Å². The van der Waals surface area contributed by atoms with Crippen LogP contribution in [0.25, 0.3) is 0 Å². The second-order valence-electron chi connectivity index (χ2n) is 4.75. The number of hydrogen-bond acceptors (Lipinski definition) is 2. The lowest BCUT2D eigenvalue weighted by Crippen LogP contribution is -2.28. The number of rotatable bonds is 3. The highest BCUT2D eigenvalue weighted by atomic mass is 19.1. The van der Waals surface area contributed by atoms with Crippen LogP contribution in [0.2, 0.25) is 0 Å². The summed E-state index contributed by atoms with van der Waals surface area (Å²) in [5.41, 5.74) is -0.0827. The maximum atomic E-state index is 13.5. The topological polar surface area (TPSA) is 36.3 Å². The van der Waals surface area contributed by atoms with Crippen LogP contribution in [0, 0.1) is 22.6 Å². The summed E-state index contributed by atoms with van der Waals surface area (Å²) in [5.74, 6) is -0.203. The van der Waals surface area contributed by atoms with Crippen molar-refractivity contribution >= 4 is 0 Å². The standard InChI is InChI=1S/C13H12FNO/c14-11-4-2-1-3-10(11)7-13(9-16-13)12(8-15)5-6-12/h1-4H,5-7,9H2. The molecule has 1 heterocycles. The van der Waals surface area contributed by atoms with Crippen LogP contribution in [0.15, 0.2) is 24.3 Å². The van der Waals surface area contributed by atoms with Gasteiger partial charge in [0.25, 0.3) is 0 Å². The molecule has 0 spiro atoms. The summed E-state index contributed by atoms with van der Waals surface area (Å²) < 4.78 is 19.0. The van der Waals surface area contributed by atoms with E-state index in [2.05, 4.69) is 6.07 Å². The minimum atomic E-state index is -0.399. The van der Waals surface area contributed by atoms with Crippen LogP contribution in [0.5, 0.6) is 0 Å². The number of hydrogen-bond donors (Lipinski definition) is 0. The van der Waals surface area contributed by atoms with Gasteiger partial charge in [-0.2, -0.15) is 5.26 Å². The highest BCUT2D eigenvalue weighted by Crippen LogP contribution is 2.61. The first kappa shape index (κ1) is 9.80. The van der Waals surface area contributed by atoms with E-state index in [1.165, 1.54) is 6.07 Å². The van der Waals surface area contributed by atoms with E-state index < -0.39 is 5.60 Å². The Balaban J connectivity index is 1.87. The fourth-order valence-corrected chi connectivity index (χ4v) is 2.38. The van der Waals surface area contributed by atoms with Crippen molar-refractivity contribution in [3.05, 3.63) is 35.6 Å². The Hall–Kier alpha value is -1.40. The summed E-state index contributed by atoms with van der Waals surface area (Å²) in [6.07, 6.45) is 2.29. The van der Waals surface area contributed by atoms with Gasteiger partial charge in [-0.15, -0.1) is 0 Å². The molecule has 0 radical (unpaired) electrons. The first-order valence-electron chi connectivity index (χ1n) is 5.50. The Morgan fingerprint density at radius 3 is 2.56 bits per heavy atom. The number of nitrogens with zero attached hydrogens (tertiary/aromatic N) is 1. The smallest absolute Gasteiger partial charge is 0.126 e. The summed E-state index contributed by atoms with van der Waals surface area (Å²) in [6, 6.07) is 9.07. The quantitative estimate of drug-likeness (QED) is 0.729. The second-order valence-corrected chi connectivity index (χ2v) is 4.75. The van der Waals surface area contributed by atoms with E-state index in [1.807, 2.05) is 6.07 Å². The summed E-state index contributed by atoms with van der Waals surface area (Å²) in [4.78, 5) is 0. The molecule has 1 aliphatic heterocycles. The third-order valence-electron chi connectivity index (χ3n) is 3.76. The van der Waals surface area contributed by atoms with E-state index >= 15 is 0 Å². The highest BCUT2D eigenvalue weighted by molar-refractivity contribution is 5.30. The van der Waals surface area contributed by atoms with E-state index in [4.69, 9.17) is 10.00 Å². The molecule has 16 heavy (non-hydrogen) atoms. The van der Waals surface area contributed by atoms with E-state index in [0.29, 0.717) is 18.6 Å². The molecule has 1 saturated carbocycles. The SMILES string of the molecule is N#CC1(C2(Cc3ccccc3F)CO2)CC1. The molecule has 1 unspecified atom stereocenters. The lowest BCUT2D eigenvalue weighted by molar-refractivity contribution is 0.233. The summed E-state index contributed by atoms with van der Waals surface area (Å²) >= 11 is 0. The largest absolute Gasteiger partial charge is 0.367 e. The lowest BCUT2D eigenvalue weighted by atomic mass is 9.85. The Labute approximate surface area is 93.6 Å².